The zero-order valence-electron chi connectivity index (χ0n) is 8.96. The number of rotatable bonds is 4. The van der Waals surface area contributed by atoms with Gasteiger partial charge >= 0.3 is 0 Å². The van der Waals surface area contributed by atoms with Crippen LogP contribution in [0, 0.1) is 13.8 Å². The SMILES string of the molecule is CCSCC(=O)c1cccc(C)c1C. The lowest BCUT2D eigenvalue weighted by Crippen LogP contribution is -2.05. The van der Waals surface area contributed by atoms with Gasteiger partial charge in [-0.25, -0.2) is 0 Å². The van der Waals surface area contributed by atoms with Crippen LogP contribution in [-0.4, -0.2) is 17.3 Å². The largest absolute Gasteiger partial charge is 0.293 e. The van der Waals surface area contributed by atoms with Gasteiger partial charge in [0.1, 0.15) is 0 Å². The molecule has 0 atom stereocenters. The summed E-state index contributed by atoms with van der Waals surface area (Å²) >= 11 is 1.68. The monoisotopic (exact) mass is 208 g/mol. The smallest absolute Gasteiger partial charge is 0.172 e. The third kappa shape index (κ3) is 2.61. The van der Waals surface area contributed by atoms with Crippen LogP contribution in [0.1, 0.15) is 28.4 Å². The van der Waals surface area contributed by atoms with Crippen molar-refractivity contribution >= 4 is 17.5 Å². The fraction of sp³-hybridized carbons (Fsp3) is 0.417. The van der Waals surface area contributed by atoms with Crippen molar-refractivity contribution in [3.8, 4) is 0 Å². The Bertz CT molecular complexity index is 331. The molecule has 2 heteroatoms. The zero-order chi connectivity index (χ0) is 10.6. The number of thioether (sulfide) groups is 1. The van der Waals surface area contributed by atoms with Crippen LogP contribution < -0.4 is 0 Å². The number of benzene rings is 1. The molecule has 1 nitrogen and oxygen atoms in total. The standard InChI is InChI=1S/C12H16OS/c1-4-14-8-12(13)11-7-5-6-9(2)10(11)3/h5-7H,4,8H2,1-3H3. The van der Waals surface area contributed by atoms with Crippen LogP contribution in [0.2, 0.25) is 0 Å². The predicted molar refractivity (Wildman–Crippen MR) is 63.2 cm³/mol. The Morgan fingerprint density at radius 3 is 2.71 bits per heavy atom. The lowest BCUT2D eigenvalue weighted by Gasteiger charge is -2.06. The fourth-order valence-corrected chi connectivity index (χ4v) is 1.87. The highest BCUT2D eigenvalue weighted by molar-refractivity contribution is 7.99. The van der Waals surface area contributed by atoms with Gasteiger partial charge < -0.3 is 0 Å². The van der Waals surface area contributed by atoms with Gasteiger partial charge in [-0.15, -0.1) is 0 Å². The van der Waals surface area contributed by atoms with E-state index < -0.39 is 0 Å². The van der Waals surface area contributed by atoms with Crippen LogP contribution in [-0.2, 0) is 0 Å². The van der Waals surface area contributed by atoms with Gasteiger partial charge in [-0.3, -0.25) is 4.79 Å². The second kappa shape index (κ2) is 5.20. The number of ketones is 1. The maximum Gasteiger partial charge on any atom is 0.172 e. The minimum absolute atomic E-state index is 0.248. The van der Waals surface area contributed by atoms with E-state index >= 15 is 0 Å². The van der Waals surface area contributed by atoms with Gasteiger partial charge in [0.2, 0.25) is 0 Å². The molecule has 0 aliphatic rings. The summed E-state index contributed by atoms with van der Waals surface area (Å²) in [4.78, 5) is 11.8. The van der Waals surface area contributed by atoms with E-state index in [-0.39, 0.29) is 5.78 Å². The lowest BCUT2D eigenvalue weighted by molar-refractivity contribution is 0.102. The molecule has 0 radical (unpaired) electrons. The first kappa shape index (κ1) is 11.3. The molecule has 1 aromatic carbocycles. The van der Waals surface area contributed by atoms with Crippen molar-refractivity contribution in [3.05, 3.63) is 34.9 Å². The van der Waals surface area contributed by atoms with Crippen molar-refractivity contribution in [2.75, 3.05) is 11.5 Å². The number of hydrogen-bond acceptors (Lipinski definition) is 2. The summed E-state index contributed by atoms with van der Waals surface area (Å²) in [6.07, 6.45) is 0. The van der Waals surface area contributed by atoms with Gasteiger partial charge in [-0.2, -0.15) is 11.8 Å². The number of carbonyl (C=O) groups excluding carboxylic acids is 1. The van der Waals surface area contributed by atoms with E-state index in [1.165, 1.54) is 5.56 Å². The first-order valence-electron chi connectivity index (χ1n) is 4.84. The molecule has 0 aliphatic heterocycles. The molecule has 0 saturated carbocycles. The van der Waals surface area contributed by atoms with Crippen molar-refractivity contribution < 1.29 is 4.79 Å². The second-order valence-electron chi connectivity index (χ2n) is 3.31. The summed E-state index contributed by atoms with van der Waals surface area (Å²) in [5, 5.41) is 0. The zero-order valence-corrected chi connectivity index (χ0v) is 9.78. The molecule has 0 aliphatic carbocycles. The summed E-state index contributed by atoms with van der Waals surface area (Å²) < 4.78 is 0. The van der Waals surface area contributed by atoms with Gasteiger partial charge in [-0.05, 0) is 30.7 Å². The van der Waals surface area contributed by atoms with Crippen LogP contribution in [0.4, 0.5) is 0 Å². The van der Waals surface area contributed by atoms with Crippen LogP contribution in [0.15, 0.2) is 18.2 Å². The van der Waals surface area contributed by atoms with Crippen LogP contribution in [0.3, 0.4) is 0 Å². The van der Waals surface area contributed by atoms with E-state index in [4.69, 9.17) is 0 Å². The van der Waals surface area contributed by atoms with E-state index in [0.717, 1.165) is 16.9 Å². The van der Waals surface area contributed by atoms with Gasteiger partial charge in [0, 0.05) is 5.56 Å². The Hall–Kier alpha value is -0.760. The topological polar surface area (TPSA) is 17.1 Å². The molecular weight excluding hydrogens is 192 g/mol. The molecule has 0 fully saturated rings. The van der Waals surface area contributed by atoms with Crippen LogP contribution >= 0.6 is 11.8 Å². The average Bonchev–Trinajstić information content (AvgIpc) is 2.18. The molecule has 0 N–H and O–H groups in total. The number of hydrogen-bond donors (Lipinski definition) is 0. The molecule has 1 aromatic rings. The number of Topliss-reactive ketones (excluding diaryl/α,β-unsaturated/α-hetero) is 1. The maximum absolute atomic E-state index is 11.8. The first-order chi connectivity index (χ1) is 6.66. The predicted octanol–water partition coefficient (Wildman–Crippen LogP) is 3.24. The molecule has 0 saturated heterocycles. The molecular formula is C12H16OS. The Kier molecular flexibility index (Phi) is 4.21. The lowest BCUT2D eigenvalue weighted by atomic mass is 10.0. The van der Waals surface area contributed by atoms with Crippen molar-refractivity contribution in [2.24, 2.45) is 0 Å². The van der Waals surface area contributed by atoms with E-state index in [9.17, 15) is 4.79 Å². The van der Waals surface area contributed by atoms with Crippen molar-refractivity contribution in [3.63, 3.8) is 0 Å². The van der Waals surface area contributed by atoms with Crippen LogP contribution in [0.25, 0.3) is 0 Å². The molecule has 0 aromatic heterocycles. The highest BCUT2D eigenvalue weighted by atomic mass is 32.2. The molecule has 0 spiro atoms. The normalized spacial score (nSPS) is 10.2. The van der Waals surface area contributed by atoms with E-state index in [2.05, 4.69) is 6.92 Å². The second-order valence-corrected chi connectivity index (χ2v) is 4.58. The third-order valence-electron chi connectivity index (χ3n) is 2.34. The maximum atomic E-state index is 11.8. The third-order valence-corrected chi connectivity index (χ3v) is 3.22. The Morgan fingerprint density at radius 2 is 2.07 bits per heavy atom. The van der Waals surface area contributed by atoms with Gasteiger partial charge in [0.25, 0.3) is 0 Å². The fourth-order valence-electron chi connectivity index (χ4n) is 1.33. The first-order valence-corrected chi connectivity index (χ1v) is 5.99. The molecule has 0 unspecified atom stereocenters. The Morgan fingerprint density at radius 1 is 1.36 bits per heavy atom. The quantitative estimate of drug-likeness (QED) is 0.707. The van der Waals surface area contributed by atoms with Gasteiger partial charge in [0.05, 0.1) is 5.75 Å². The summed E-state index contributed by atoms with van der Waals surface area (Å²) in [5.41, 5.74) is 3.19. The van der Waals surface area contributed by atoms with Gasteiger partial charge in [-0.1, -0.05) is 25.1 Å². The van der Waals surface area contributed by atoms with Crippen LogP contribution in [0.5, 0.6) is 0 Å². The number of carbonyl (C=O) groups is 1. The van der Waals surface area contributed by atoms with Crippen molar-refractivity contribution in [1.29, 1.82) is 0 Å². The number of aryl methyl sites for hydroxylation is 1. The highest BCUT2D eigenvalue weighted by Gasteiger charge is 2.09. The summed E-state index contributed by atoms with van der Waals surface area (Å²) in [5.74, 6) is 1.84. The summed E-state index contributed by atoms with van der Waals surface area (Å²) in [6, 6.07) is 5.91. The molecule has 0 heterocycles. The Labute approximate surface area is 89.9 Å². The molecule has 76 valence electrons. The van der Waals surface area contributed by atoms with E-state index in [1.54, 1.807) is 11.8 Å². The van der Waals surface area contributed by atoms with Gasteiger partial charge in [0.15, 0.2) is 5.78 Å². The Balaban J connectivity index is 2.84. The highest BCUT2D eigenvalue weighted by Crippen LogP contribution is 2.15. The average molecular weight is 208 g/mol. The summed E-state index contributed by atoms with van der Waals surface area (Å²) in [7, 11) is 0. The molecule has 14 heavy (non-hydrogen) atoms. The van der Waals surface area contributed by atoms with Crippen molar-refractivity contribution in [1.82, 2.24) is 0 Å². The van der Waals surface area contributed by atoms with E-state index in [0.29, 0.717) is 5.75 Å². The van der Waals surface area contributed by atoms with E-state index in [1.807, 2.05) is 32.0 Å². The summed E-state index contributed by atoms with van der Waals surface area (Å²) in [6.45, 7) is 6.12. The molecule has 0 bridgehead atoms. The molecule has 0 amide bonds. The van der Waals surface area contributed by atoms with Crippen molar-refractivity contribution in [2.45, 2.75) is 20.8 Å². The molecule has 1 rings (SSSR count). The minimum atomic E-state index is 0.248. The minimum Gasteiger partial charge on any atom is -0.293 e.